The summed E-state index contributed by atoms with van der Waals surface area (Å²) >= 11 is 0. The van der Waals surface area contributed by atoms with Crippen LogP contribution in [-0.2, 0) is 39.0 Å². The maximum Gasteiger partial charge on any atom is 0.336 e. The Morgan fingerprint density at radius 3 is 2.20 bits per heavy atom. The van der Waals surface area contributed by atoms with Crippen molar-refractivity contribution in [2.45, 2.75) is 0 Å². The van der Waals surface area contributed by atoms with Crippen molar-refractivity contribution >= 4 is 16.7 Å². The first-order valence-electron chi connectivity index (χ1n) is 4.00. The van der Waals surface area contributed by atoms with Crippen LogP contribution in [0.3, 0.4) is 0 Å². The predicted octanol–water partition coefficient (Wildman–Crippen LogP) is 2.53. The van der Waals surface area contributed by atoms with Crippen LogP contribution in [0.25, 0.3) is 10.8 Å². The fraction of sp³-hybridized carbons (Fsp3) is 0. The zero-order valence-electron chi connectivity index (χ0n) is 8.31. The van der Waals surface area contributed by atoms with Gasteiger partial charge in [0, 0.05) is 39.0 Å². The Kier molecular flexibility index (Phi) is 5.86. The largest absolute Gasteiger partial charge is 0.478 e. The van der Waals surface area contributed by atoms with Crippen LogP contribution in [0.2, 0.25) is 0 Å². The van der Waals surface area contributed by atoms with Gasteiger partial charge in [-0.05, 0) is 16.8 Å². The Balaban J connectivity index is 0.000000980. The van der Waals surface area contributed by atoms with Gasteiger partial charge < -0.3 is 5.11 Å². The van der Waals surface area contributed by atoms with Crippen molar-refractivity contribution in [3.8, 4) is 0 Å². The van der Waals surface area contributed by atoms with Crippen molar-refractivity contribution in [3.63, 3.8) is 0 Å². The van der Waals surface area contributed by atoms with E-state index < -0.39 is 5.97 Å². The molecule has 2 rings (SSSR count). The number of fused-ring (bicyclic) bond motifs is 1. The molecule has 2 aromatic rings. The average molecular weight is 303 g/mol. The van der Waals surface area contributed by atoms with E-state index in [-0.39, 0.29) is 39.0 Å². The summed E-state index contributed by atoms with van der Waals surface area (Å²) in [5.41, 5.74) is 0.359. The summed E-state index contributed by atoms with van der Waals surface area (Å²) in [5.74, 6) is -0.878. The van der Waals surface area contributed by atoms with Crippen LogP contribution in [0, 0.1) is 0 Å². The van der Waals surface area contributed by atoms with Crippen LogP contribution >= 0.6 is 0 Å². The third kappa shape index (κ3) is 2.93. The minimum absolute atomic E-state index is 0. The van der Waals surface area contributed by atoms with Gasteiger partial charge in [0.2, 0.25) is 0 Å². The molecule has 0 atom stereocenters. The fourth-order valence-corrected chi connectivity index (χ4v) is 1.41. The molecule has 0 spiro atoms. The maximum absolute atomic E-state index is 10.8. The third-order valence-corrected chi connectivity index (χ3v) is 2.02. The summed E-state index contributed by atoms with van der Waals surface area (Å²) in [6.45, 7) is 0. The Hall–Kier alpha value is -0.583. The molecule has 15 heavy (non-hydrogen) atoms. The van der Waals surface area contributed by atoms with Gasteiger partial charge in [-0.3, -0.25) is 0 Å². The van der Waals surface area contributed by atoms with E-state index in [0.717, 1.165) is 10.8 Å². The topological polar surface area (TPSA) is 37.3 Å². The second-order valence-electron chi connectivity index (χ2n) is 2.83. The molecule has 0 heterocycles. The molecule has 0 radical (unpaired) electrons. The summed E-state index contributed by atoms with van der Waals surface area (Å²) in [4.78, 5) is 10.8. The molecular formula is C11H8O2Zn2. The molecule has 0 amide bonds. The van der Waals surface area contributed by atoms with Gasteiger partial charge in [0.25, 0.3) is 0 Å². The first-order chi connectivity index (χ1) is 6.29. The molecule has 0 aliphatic carbocycles. The van der Waals surface area contributed by atoms with E-state index in [4.69, 9.17) is 5.11 Å². The molecule has 1 N–H and O–H groups in total. The molecular weight excluding hydrogens is 295 g/mol. The molecule has 68 valence electrons. The minimum Gasteiger partial charge on any atom is -0.478 e. The number of hydrogen-bond donors (Lipinski definition) is 1. The van der Waals surface area contributed by atoms with Crippen molar-refractivity contribution in [2.75, 3.05) is 0 Å². The summed E-state index contributed by atoms with van der Waals surface area (Å²) < 4.78 is 0. The monoisotopic (exact) mass is 300 g/mol. The summed E-state index contributed by atoms with van der Waals surface area (Å²) in [6, 6.07) is 12.7. The number of carbonyl (C=O) groups is 1. The molecule has 0 saturated heterocycles. The van der Waals surface area contributed by atoms with Gasteiger partial charge in [0.1, 0.15) is 0 Å². The van der Waals surface area contributed by atoms with Gasteiger partial charge in [-0.15, -0.1) is 0 Å². The van der Waals surface area contributed by atoms with E-state index in [0.29, 0.717) is 5.56 Å². The van der Waals surface area contributed by atoms with Gasteiger partial charge in [0.15, 0.2) is 0 Å². The van der Waals surface area contributed by atoms with Crippen molar-refractivity contribution in [3.05, 3.63) is 48.0 Å². The van der Waals surface area contributed by atoms with E-state index in [9.17, 15) is 4.79 Å². The quantitative estimate of drug-likeness (QED) is 0.822. The summed E-state index contributed by atoms with van der Waals surface area (Å²) in [6.07, 6.45) is 0. The SMILES string of the molecule is O=C(O)c1cccc2ccccc12.[Zn].[Zn]. The minimum atomic E-state index is -0.878. The molecule has 0 aromatic heterocycles. The normalized spacial score (nSPS) is 8.80. The van der Waals surface area contributed by atoms with Crippen LogP contribution in [0.5, 0.6) is 0 Å². The molecule has 0 unspecified atom stereocenters. The Bertz CT molecular complexity index is 464. The van der Waals surface area contributed by atoms with Crippen LogP contribution < -0.4 is 0 Å². The second-order valence-corrected chi connectivity index (χ2v) is 2.83. The van der Waals surface area contributed by atoms with Gasteiger partial charge in [0.05, 0.1) is 5.56 Å². The number of carboxylic acids is 1. The second kappa shape index (κ2) is 6.10. The van der Waals surface area contributed by atoms with Crippen LogP contribution in [0.4, 0.5) is 0 Å². The van der Waals surface area contributed by atoms with Crippen molar-refractivity contribution in [2.24, 2.45) is 0 Å². The van der Waals surface area contributed by atoms with Gasteiger partial charge in [-0.2, -0.15) is 0 Å². The Labute approximate surface area is 113 Å². The first-order valence-corrected chi connectivity index (χ1v) is 4.00. The van der Waals surface area contributed by atoms with Crippen LogP contribution in [-0.4, -0.2) is 11.1 Å². The Morgan fingerprint density at radius 2 is 1.53 bits per heavy atom. The van der Waals surface area contributed by atoms with Crippen LogP contribution in [0.15, 0.2) is 42.5 Å². The van der Waals surface area contributed by atoms with Crippen LogP contribution in [0.1, 0.15) is 10.4 Å². The molecule has 2 aromatic carbocycles. The van der Waals surface area contributed by atoms with Crippen molar-refractivity contribution in [1.82, 2.24) is 0 Å². The van der Waals surface area contributed by atoms with E-state index >= 15 is 0 Å². The smallest absolute Gasteiger partial charge is 0.336 e. The number of hydrogen-bond acceptors (Lipinski definition) is 1. The van der Waals surface area contributed by atoms with Gasteiger partial charge >= 0.3 is 5.97 Å². The fourth-order valence-electron chi connectivity index (χ4n) is 1.41. The van der Waals surface area contributed by atoms with E-state index in [1.807, 2.05) is 30.3 Å². The molecule has 2 nitrogen and oxygen atoms in total. The number of aromatic carboxylic acids is 1. The molecule has 0 bridgehead atoms. The van der Waals surface area contributed by atoms with E-state index in [1.165, 1.54) is 0 Å². The summed E-state index contributed by atoms with van der Waals surface area (Å²) in [5, 5.41) is 10.6. The zero-order valence-corrected chi connectivity index (χ0v) is 14.2. The predicted molar refractivity (Wildman–Crippen MR) is 50.9 cm³/mol. The van der Waals surface area contributed by atoms with Crippen molar-refractivity contribution in [1.29, 1.82) is 0 Å². The number of rotatable bonds is 1. The molecule has 0 saturated carbocycles. The molecule has 0 aliphatic heterocycles. The van der Waals surface area contributed by atoms with Gasteiger partial charge in [-0.25, -0.2) is 4.79 Å². The third-order valence-electron chi connectivity index (χ3n) is 2.02. The molecule has 4 heteroatoms. The number of benzene rings is 2. The van der Waals surface area contributed by atoms with E-state index in [2.05, 4.69) is 0 Å². The maximum atomic E-state index is 10.8. The zero-order chi connectivity index (χ0) is 9.26. The number of carboxylic acid groups (broad SMARTS) is 1. The Morgan fingerprint density at radius 1 is 0.933 bits per heavy atom. The summed E-state index contributed by atoms with van der Waals surface area (Å²) in [7, 11) is 0. The average Bonchev–Trinajstić information content (AvgIpc) is 2.17. The van der Waals surface area contributed by atoms with Crippen molar-refractivity contribution < 1.29 is 48.9 Å². The molecule has 0 aliphatic rings. The standard InChI is InChI=1S/C11H8O2.2Zn/c12-11(13)10-7-3-5-8-4-1-2-6-9(8)10;;/h1-7H,(H,12,13);;. The first kappa shape index (κ1) is 14.4. The van der Waals surface area contributed by atoms with Gasteiger partial charge in [-0.1, -0.05) is 36.4 Å². The van der Waals surface area contributed by atoms with E-state index in [1.54, 1.807) is 12.1 Å². The molecule has 0 fully saturated rings.